The lowest BCUT2D eigenvalue weighted by Crippen LogP contribution is -2.10. The average molecular weight is 793 g/mol. The predicted octanol–water partition coefficient (Wildman–Crippen LogP) is 16.5. The van der Waals surface area contributed by atoms with Gasteiger partial charge in [-0.25, -0.2) is 0 Å². The Hall–Kier alpha value is -7.11. The smallest absolute Gasteiger partial charge is 0.145 e. The van der Waals surface area contributed by atoms with Crippen LogP contribution >= 0.6 is 22.9 Å². The van der Waals surface area contributed by atoms with Gasteiger partial charge in [-0.05, 0) is 95.6 Å². The van der Waals surface area contributed by atoms with E-state index in [1.807, 2.05) is 17.4 Å². The second-order valence-corrected chi connectivity index (χ2v) is 16.6. The fourth-order valence-electron chi connectivity index (χ4n) is 8.99. The Labute approximate surface area is 349 Å². The fraction of sp³-hybridized carbons (Fsp3) is 0. The Bertz CT molecular complexity index is 3570. The highest BCUT2D eigenvalue weighted by Gasteiger charge is 2.24. The molecule has 0 aliphatic rings. The predicted molar refractivity (Wildman–Crippen MR) is 252 cm³/mol. The lowest BCUT2D eigenvalue weighted by molar-refractivity contribution is 0.670. The minimum Gasteiger partial charge on any atom is -0.455 e. The number of halogens is 1. The molecule has 12 aromatic rings. The summed E-state index contributed by atoms with van der Waals surface area (Å²) in [5.74, 6) is 0. The van der Waals surface area contributed by atoms with Crippen LogP contribution in [0.3, 0.4) is 0 Å². The lowest BCUT2D eigenvalue weighted by Gasteiger charge is -2.26. The van der Waals surface area contributed by atoms with Crippen molar-refractivity contribution in [3.63, 3.8) is 0 Å². The van der Waals surface area contributed by atoms with Crippen molar-refractivity contribution in [1.29, 1.82) is 0 Å². The van der Waals surface area contributed by atoms with Crippen LogP contribution in [0.15, 0.2) is 205 Å². The zero-order valence-electron chi connectivity index (χ0n) is 31.6. The molecule has 0 saturated heterocycles. The largest absolute Gasteiger partial charge is 0.455 e. The Kier molecular flexibility index (Phi) is 7.77. The maximum atomic E-state index is 7.24. The molecule has 0 fully saturated rings. The van der Waals surface area contributed by atoms with Gasteiger partial charge in [0.05, 0.1) is 16.4 Å². The minimum absolute atomic E-state index is 0.641. The van der Waals surface area contributed by atoms with Crippen LogP contribution in [0.5, 0.6) is 0 Å². The highest BCUT2D eigenvalue weighted by molar-refractivity contribution is 7.25. The normalized spacial score (nSPS) is 11.8. The van der Waals surface area contributed by atoms with Crippen molar-refractivity contribution in [3.8, 4) is 27.9 Å². The van der Waals surface area contributed by atoms with Gasteiger partial charge in [0.1, 0.15) is 11.2 Å². The number of aromatic nitrogens is 1. The fourth-order valence-corrected chi connectivity index (χ4v) is 10.4. The van der Waals surface area contributed by atoms with Crippen molar-refractivity contribution >= 4 is 104 Å². The summed E-state index contributed by atoms with van der Waals surface area (Å²) in [7, 11) is 0. The SMILES string of the molecule is Clc1cc(-c2cc3c4ccccc4n(-c4ccccc4)c3c3c2oc2ccccc23)cc(N(c2ccc(-c3ccccc3)cc2)c2ccc3c(c2)sc2ccccc23)c1. The van der Waals surface area contributed by atoms with E-state index in [4.69, 9.17) is 16.0 Å². The van der Waals surface area contributed by atoms with Gasteiger partial charge >= 0.3 is 0 Å². The molecule has 59 heavy (non-hydrogen) atoms. The third-order valence-electron chi connectivity index (χ3n) is 11.6. The van der Waals surface area contributed by atoms with Crippen LogP contribution in [0.2, 0.25) is 5.02 Å². The monoisotopic (exact) mass is 792 g/mol. The molecule has 0 spiro atoms. The van der Waals surface area contributed by atoms with Crippen LogP contribution in [0.25, 0.3) is 91.9 Å². The van der Waals surface area contributed by atoms with Crippen molar-refractivity contribution in [1.82, 2.24) is 4.57 Å². The van der Waals surface area contributed by atoms with E-state index in [1.54, 1.807) is 0 Å². The molecule has 0 unspecified atom stereocenters. The maximum absolute atomic E-state index is 7.24. The minimum atomic E-state index is 0.641. The highest BCUT2D eigenvalue weighted by atomic mass is 35.5. The molecule has 0 bridgehead atoms. The van der Waals surface area contributed by atoms with Gasteiger partial charge in [0.2, 0.25) is 0 Å². The number of fused-ring (bicyclic) bond motifs is 10. The lowest BCUT2D eigenvalue weighted by atomic mass is 9.97. The van der Waals surface area contributed by atoms with E-state index >= 15 is 0 Å². The summed E-state index contributed by atoms with van der Waals surface area (Å²) in [6.45, 7) is 0. The zero-order valence-corrected chi connectivity index (χ0v) is 33.2. The molecule has 0 atom stereocenters. The topological polar surface area (TPSA) is 21.3 Å². The van der Waals surface area contributed by atoms with Crippen LogP contribution in [-0.2, 0) is 0 Å². The molecular weight excluding hydrogens is 760 g/mol. The number of anilines is 3. The number of nitrogens with zero attached hydrogens (tertiary/aromatic N) is 2. The van der Waals surface area contributed by atoms with E-state index in [0.717, 1.165) is 77.8 Å². The Balaban J connectivity index is 1.11. The quantitative estimate of drug-likeness (QED) is 0.167. The molecule has 0 saturated carbocycles. The standard InChI is InChI=1S/C54H33ClN2OS/c55-37-29-36(46-33-47-42-17-7-10-20-48(42)57(38-15-5-2-6-16-38)53(47)52-45-19-8-11-21-49(45)58-54(46)52)30-41(31-37)56(39-25-23-35(24-26-39)34-13-3-1-4-14-34)40-27-28-44-43-18-9-12-22-50(43)59-51(44)32-40/h1-33H. The van der Waals surface area contributed by atoms with Crippen molar-refractivity contribution in [2.45, 2.75) is 0 Å². The molecule has 3 nitrogen and oxygen atoms in total. The summed E-state index contributed by atoms with van der Waals surface area (Å²) >= 11 is 9.07. The number of benzene rings is 9. The molecule has 0 aliphatic carbocycles. The second kappa shape index (κ2) is 13.5. The van der Waals surface area contributed by atoms with E-state index in [9.17, 15) is 0 Å². The molecule has 0 radical (unpaired) electrons. The van der Waals surface area contributed by atoms with Gasteiger partial charge in [-0.15, -0.1) is 11.3 Å². The molecular formula is C54H33ClN2OS. The number of thiophene rings is 1. The first-order chi connectivity index (χ1) is 29.2. The van der Waals surface area contributed by atoms with E-state index < -0.39 is 0 Å². The molecule has 0 amide bonds. The van der Waals surface area contributed by atoms with Crippen molar-refractivity contribution < 1.29 is 4.42 Å². The number of para-hydroxylation sites is 3. The van der Waals surface area contributed by atoms with Crippen molar-refractivity contribution in [3.05, 3.63) is 205 Å². The van der Waals surface area contributed by atoms with Gasteiger partial charge in [0.25, 0.3) is 0 Å². The molecule has 278 valence electrons. The Morgan fingerprint density at radius 3 is 1.95 bits per heavy atom. The van der Waals surface area contributed by atoms with E-state index in [1.165, 1.54) is 31.1 Å². The van der Waals surface area contributed by atoms with Crippen LogP contribution < -0.4 is 4.90 Å². The summed E-state index contributed by atoms with van der Waals surface area (Å²) in [5, 5.41) is 7.67. The summed E-state index contributed by atoms with van der Waals surface area (Å²) in [6.07, 6.45) is 0. The molecule has 3 aromatic heterocycles. The third kappa shape index (κ3) is 5.49. The van der Waals surface area contributed by atoms with Gasteiger partial charge in [-0.2, -0.15) is 0 Å². The zero-order chi connectivity index (χ0) is 39.0. The van der Waals surface area contributed by atoms with Gasteiger partial charge in [-0.1, -0.05) is 133 Å². The Morgan fingerprint density at radius 1 is 0.458 bits per heavy atom. The summed E-state index contributed by atoms with van der Waals surface area (Å²) in [6, 6.07) is 71.2. The second-order valence-electron chi connectivity index (χ2n) is 15.0. The van der Waals surface area contributed by atoms with Gasteiger partial charge in [-0.3, -0.25) is 0 Å². The average Bonchev–Trinajstić information content (AvgIpc) is 3.96. The first kappa shape index (κ1) is 34.0. The first-order valence-corrected chi connectivity index (χ1v) is 21.0. The van der Waals surface area contributed by atoms with E-state index in [2.05, 4.69) is 204 Å². The molecule has 9 aromatic carbocycles. The van der Waals surface area contributed by atoms with Crippen LogP contribution in [0, 0.1) is 0 Å². The van der Waals surface area contributed by atoms with E-state index in [0.29, 0.717) is 5.02 Å². The van der Waals surface area contributed by atoms with Gasteiger partial charge in [0, 0.05) is 69.7 Å². The first-order valence-electron chi connectivity index (χ1n) is 19.8. The van der Waals surface area contributed by atoms with Gasteiger partial charge in [0.15, 0.2) is 0 Å². The van der Waals surface area contributed by atoms with Crippen molar-refractivity contribution in [2.75, 3.05) is 4.90 Å². The maximum Gasteiger partial charge on any atom is 0.145 e. The molecule has 0 aliphatic heterocycles. The number of hydrogen-bond donors (Lipinski definition) is 0. The Morgan fingerprint density at radius 2 is 1.12 bits per heavy atom. The number of furan rings is 1. The highest BCUT2D eigenvalue weighted by Crippen LogP contribution is 2.48. The van der Waals surface area contributed by atoms with Crippen LogP contribution in [-0.4, -0.2) is 4.57 Å². The van der Waals surface area contributed by atoms with Crippen molar-refractivity contribution in [2.24, 2.45) is 0 Å². The molecule has 0 N–H and O–H groups in total. The number of rotatable bonds is 6. The van der Waals surface area contributed by atoms with Crippen LogP contribution in [0.1, 0.15) is 0 Å². The molecule has 5 heteroatoms. The summed E-state index contributed by atoms with van der Waals surface area (Å²) in [5.41, 5.74) is 12.4. The third-order valence-corrected chi connectivity index (χ3v) is 13.0. The van der Waals surface area contributed by atoms with E-state index in [-0.39, 0.29) is 0 Å². The summed E-state index contributed by atoms with van der Waals surface area (Å²) in [4.78, 5) is 2.32. The molecule has 12 rings (SSSR count). The van der Waals surface area contributed by atoms with Gasteiger partial charge < -0.3 is 13.9 Å². The number of hydrogen-bond acceptors (Lipinski definition) is 3. The molecule has 3 heterocycles. The summed E-state index contributed by atoms with van der Waals surface area (Å²) < 4.78 is 11.8. The van der Waals surface area contributed by atoms with Crippen LogP contribution in [0.4, 0.5) is 17.1 Å².